The van der Waals surface area contributed by atoms with E-state index in [2.05, 4.69) is 10.0 Å². The molecule has 0 aliphatic carbocycles. The summed E-state index contributed by atoms with van der Waals surface area (Å²) >= 11 is 5.74. The Morgan fingerprint density at radius 3 is 2.71 bits per heavy atom. The highest BCUT2D eigenvalue weighted by Gasteiger charge is 2.22. The number of nitrogens with one attached hydrogen (secondary N) is 2. The average molecular weight is 336 g/mol. The number of anilines is 1. The average Bonchev–Trinajstić information content (AvgIpc) is 2.41. The van der Waals surface area contributed by atoms with Gasteiger partial charge in [0.1, 0.15) is 0 Å². The third kappa shape index (κ3) is 5.16. The van der Waals surface area contributed by atoms with Gasteiger partial charge in [0.2, 0.25) is 15.9 Å². The van der Waals surface area contributed by atoms with Crippen molar-refractivity contribution in [1.29, 1.82) is 0 Å². The topological polar surface area (TPSA) is 111 Å². The molecular weight excluding hydrogens is 318 g/mol. The third-order valence-corrected chi connectivity index (χ3v) is 4.49. The fourth-order valence-electron chi connectivity index (χ4n) is 1.47. The zero-order valence-electron chi connectivity index (χ0n) is 11.7. The summed E-state index contributed by atoms with van der Waals surface area (Å²) in [6.45, 7) is 2.09. The fraction of sp³-hybridized carbons (Fsp3) is 0.417. The first-order chi connectivity index (χ1) is 9.77. The van der Waals surface area contributed by atoms with Crippen LogP contribution in [-0.2, 0) is 19.6 Å². The van der Waals surface area contributed by atoms with E-state index >= 15 is 0 Å². The molecule has 0 bridgehead atoms. The number of benzene rings is 1. The van der Waals surface area contributed by atoms with Crippen molar-refractivity contribution in [2.24, 2.45) is 0 Å². The van der Waals surface area contributed by atoms with Crippen molar-refractivity contribution in [2.75, 3.05) is 26.0 Å². The van der Waals surface area contributed by atoms with Gasteiger partial charge in [-0.05, 0) is 25.1 Å². The van der Waals surface area contributed by atoms with Gasteiger partial charge in [0.15, 0.2) is 0 Å². The first-order valence-corrected chi connectivity index (χ1v) is 7.98. The van der Waals surface area contributed by atoms with Gasteiger partial charge in [-0.3, -0.25) is 4.79 Å². The minimum absolute atomic E-state index is 0.0547. The predicted molar refractivity (Wildman–Crippen MR) is 80.5 cm³/mol. The maximum absolute atomic E-state index is 12.1. The summed E-state index contributed by atoms with van der Waals surface area (Å²) in [6.07, 6.45) is 0. The number of hydrogen-bond acceptors (Lipinski definition) is 5. The van der Waals surface area contributed by atoms with Gasteiger partial charge in [-0.2, -0.15) is 4.72 Å². The number of amides is 1. The van der Waals surface area contributed by atoms with Crippen molar-refractivity contribution < 1.29 is 17.9 Å². The molecule has 1 amide bonds. The van der Waals surface area contributed by atoms with Crippen LogP contribution in [0.1, 0.15) is 6.92 Å². The molecule has 0 spiro atoms. The van der Waals surface area contributed by atoms with E-state index in [1.54, 1.807) is 0 Å². The number of nitrogens with two attached hydrogens (primary N) is 1. The van der Waals surface area contributed by atoms with E-state index in [4.69, 9.17) is 22.1 Å². The maximum atomic E-state index is 12.1. The van der Waals surface area contributed by atoms with Gasteiger partial charge in [-0.15, -0.1) is 0 Å². The smallest absolute Gasteiger partial charge is 0.241 e. The minimum atomic E-state index is -3.86. The summed E-state index contributed by atoms with van der Waals surface area (Å²) in [4.78, 5) is 11.7. The Morgan fingerprint density at radius 2 is 2.14 bits per heavy atom. The van der Waals surface area contributed by atoms with E-state index in [1.165, 1.54) is 32.2 Å². The third-order valence-electron chi connectivity index (χ3n) is 2.61. The van der Waals surface area contributed by atoms with Crippen molar-refractivity contribution in [3.63, 3.8) is 0 Å². The molecule has 118 valence electrons. The number of methoxy groups -OCH3 is 1. The molecule has 0 heterocycles. The molecule has 0 fully saturated rings. The molecule has 7 nitrogen and oxygen atoms in total. The number of sulfonamides is 1. The van der Waals surface area contributed by atoms with Crippen LogP contribution in [0.25, 0.3) is 0 Å². The molecule has 1 rings (SSSR count). The van der Waals surface area contributed by atoms with Crippen LogP contribution in [0.2, 0.25) is 5.02 Å². The van der Waals surface area contributed by atoms with Gasteiger partial charge >= 0.3 is 0 Å². The summed E-state index contributed by atoms with van der Waals surface area (Å²) in [5, 5.41) is 2.80. The molecule has 1 aromatic rings. The molecule has 1 atom stereocenters. The van der Waals surface area contributed by atoms with Gasteiger partial charge in [0.25, 0.3) is 0 Å². The standard InChI is InChI=1S/C12H18ClN3O4S/c1-8(12(17)15-5-6-20-2)16-21(18,19)9-3-4-10(13)11(14)7-9/h3-4,7-8,16H,5-6,14H2,1-2H3,(H,15,17). The Morgan fingerprint density at radius 1 is 1.48 bits per heavy atom. The lowest BCUT2D eigenvalue weighted by Crippen LogP contribution is -2.45. The van der Waals surface area contributed by atoms with Crippen molar-refractivity contribution in [3.05, 3.63) is 23.2 Å². The Balaban J connectivity index is 2.75. The molecule has 0 aliphatic rings. The summed E-state index contributed by atoms with van der Waals surface area (Å²) in [5.41, 5.74) is 5.72. The molecule has 4 N–H and O–H groups in total. The Hall–Kier alpha value is -1.35. The highest BCUT2D eigenvalue weighted by atomic mass is 35.5. The fourth-order valence-corrected chi connectivity index (χ4v) is 2.83. The first-order valence-electron chi connectivity index (χ1n) is 6.12. The molecular formula is C12H18ClN3O4S. The number of rotatable bonds is 7. The largest absolute Gasteiger partial charge is 0.397 e. The first kappa shape index (κ1) is 17.7. The van der Waals surface area contributed by atoms with Crippen molar-refractivity contribution in [3.8, 4) is 0 Å². The van der Waals surface area contributed by atoms with E-state index < -0.39 is 22.0 Å². The van der Waals surface area contributed by atoms with Crippen molar-refractivity contribution in [2.45, 2.75) is 17.9 Å². The van der Waals surface area contributed by atoms with E-state index in [1.807, 2.05) is 0 Å². The highest BCUT2D eigenvalue weighted by molar-refractivity contribution is 7.89. The summed E-state index contributed by atoms with van der Waals surface area (Å²) in [5.74, 6) is -0.447. The van der Waals surface area contributed by atoms with Gasteiger partial charge < -0.3 is 15.8 Å². The van der Waals surface area contributed by atoms with Crippen LogP contribution in [0.5, 0.6) is 0 Å². The summed E-state index contributed by atoms with van der Waals surface area (Å²) in [7, 11) is -2.35. The monoisotopic (exact) mass is 335 g/mol. The lowest BCUT2D eigenvalue weighted by atomic mass is 10.3. The number of ether oxygens (including phenoxy) is 1. The van der Waals surface area contributed by atoms with Gasteiger partial charge in [0.05, 0.1) is 28.3 Å². The maximum Gasteiger partial charge on any atom is 0.241 e. The van der Waals surface area contributed by atoms with E-state index in [0.29, 0.717) is 13.2 Å². The van der Waals surface area contributed by atoms with E-state index in [9.17, 15) is 13.2 Å². The molecule has 0 aromatic heterocycles. The zero-order chi connectivity index (χ0) is 16.0. The lowest BCUT2D eigenvalue weighted by molar-refractivity contribution is -0.122. The van der Waals surface area contributed by atoms with Crippen LogP contribution in [-0.4, -0.2) is 40.6 Å². The molecule has 1 unspecified atom stereocenters. The van der Waals surface area contributed by atoms with E-state index in [0.717, 1.165) is 0 Å². The minimum Gasteiger partial charge on any atom is -0.397 e. The normalized spacial score (nSPS) is 12.9. The quantitative estimate of drug-likeness (QED) is 0.492. The second-order valence-corrected chi connectivity index (χ2v) is 6.43. The molecule has 0 aliphatic heterocycles. The number of carbonyl (C=O) groups excluding carboxylic acids is 1. The number of carbonyl (C=O) groups is 1. The van der Waals surface area contributed by atoms with Gasteiger partial charge in [-0.25, -0.2) is 8.42 Å². The van der Waals surface area contributed by atoms with Crippen LogP contribution in [0, 0.1) is 0 Å². The number of nitrogen functional groups attached to an aromatic ring is 1. The van der Waals surface area contributed by atoms with Gasteiger partial charge in [-0.1, -0.05) is 11.6 Å². The van der Waals surface area contributed by atoms with E-state index in [-0.39, 0.29) is 15.6 Å². The van der Waals surface area contributed by atoms with Gasteiger partial charge in [0, 0.05) is 13.7 Å². The zero-order valence-corrected chi connectivity index (χ0v) is 13.3. The highest BCUT2D eigenvalue weighted by Crippen LogP contribution is 2.22. The SMILES string of the molecule is COCCNC(=O)C(C)NS(=O)(=O)c1ccc(Cl)c(N)c1. The molecule has 0 saturated heterocycles. The molecule has 21 heavy (non-hydrogen) atoms. The number of hydrogen-bond donors (Lipinski definition) is 3. The second kappa shape index (κ2) is 7.60. The van der Waals surface area contributed by atoms with Crippen LogP contribution >= 0.6 is 11.6 Å². The van der Waals surface area contributed by atoms with Crippen LogP contribution < -0.4 is 15.8 Å². The Labute approximate surface area is 128 Å². The van der Waals surface area contributed by atoms with Crippen molar-refractivity contribution in [1.82, 2.24) is 10.0 Å². The predicted octanol–water partition coefficient (Wildman–Crippen LogP) is 0.352. The Kier molecular flexibility index (Phi) is 6.41. The van der Waals surface area contributed by atoms with Crippen molar-refractivity contribution >= 4 is 33.2 Å². The molecule has 9 heteroatoms. The summed E-state index contributed by atoms with van der Waals surface area (Å²) in [6, 6.07) is 3.01. The molecule has 0 saturated carbocycles. The second-order valence-electron chi connectivity index (χ2n) is 4.31. The Bertz CT molecular complexity index is 607. The van der Waals surface area contributed by atoms with Crippen LogP contribution in [0.4, 0.5) is 5.69 Å². The van der Waals surface area contributed by atoms with Crippen LogP contribution in [0.3, 0.4) is 0 Å². The summed E-state index contributed by atoms with van der Waals surface area (Å²) < 4.78 is 31.3. The lowest BCUT2D eigenvalue weighted by Gasteiger charge is -2.14. The molecule has 1 aromatic carbocycles. The number of halogens is 1. The molecule has 0 radical (unpaired) electrons. The van der Waals surface area contributed by atoms with Crippen LogP contribution in [0.15, 0.2) is 23.1 Å².